The zero-order chi connectivity index (χ0) is 14.5. The Morgan fingerprint density at radius 1 is 1.35 bits per heavy atom. The molecule has 1 fully saturated rings. The Labute approximate surface area is 134 Å². The van der Waals surface area contributed by atoms with Crippen molar-refractivity contribution in [2.24, 2.45) is 5.92 Å². The topological polar surface area (TPSA) is 12.0 Å². The first kappa shape index (κ1) is 16.3. The normalized spacial score (nSPS) is 18.2. The Hall–Kier alpha value is -0.120. The molecule has 0 radical (unpaired) electrons. The van der Waals surface area contributed by atoms with Gasteiger partial charge in [0, 0.05) is 16.1 Å². The molecule has 1 nitrogen and oxygen atoms in total. The van der Waals surface area contributed by atoms with E-state index in [1.165, 1.54) is 44.6 Å². The molecule has 1 N–H and O–H groups in total. The molecular weight excluding hydrogens is 341 g/mol. The van der Waals surface area contributed by atoms with Crippen LogP contribution in [-0.4, -0.2) is 7.05 Å². The Kier molecular flexibility index (Phi) is 6.31. The molecule has 20 heavy (non-hydrogen) atoms. The van der Waals surface area contributed by atoms with Crippen LogP contribution < -0.4 is 5.32 Å². The summed E-state index contributed by atoms with van der Waals surface area (Å²) in [4.78, 5) is 0. The van der Waals surface area contributed by atoms with E-state index in [1.807, 2.05) is 7.05 Å². The zero-order valence-corrected chi connectivity index (χ0v) is 14.2. The van der Waals surface area contributed by atoms with Crippen LogP contribution in [0.15, 0.2) is 16.6 Å². The van der Waals surface area contributed by atoms with Gasteiger partial charge in [0.2, 0.25) is 0 Å². The van der Waals surface area contributed by atoms with Crippen LogP contribution in [0.1, 0.15) is 56.6 Å². The summed E-state index contributed by atoms with van der Waals surface area (Å²) in [6.07, 6.45) is 8.89. The van der Waals surface area contributed by atoms with Gasteiger partial charge in [0.1, 0.15) is 5.82 Å². The van der Waals surface area contributed by atoms with Gasteiger partial charge in [0.05, 0.1) is 5.02 Å². The van der Waals surface area contributed by atoms with Gasteiger partial charge in [-0.1, -0.05) is 43.7 Å². The van der Waals surface area contributed by atoms with Crippen LogP contribution in [0.25, 0.3) is 0 Å². The second-order valence-electron chi connectivity index (χ2n) is 5.71. The summed E-state index contributed by atoms with van der Waals surface area (Å²) >= 11 is 9.35. The Morgan fingerprint density at radius 3 is 2.70 bits per heavy atom. The highest BCUT2D eigenvalue weighted by Crippen LogP contribution is 2.33. The molecule has 0 aromatic heterocycles. The van der Waals surface area contributed by atoms with Crippen molar-refractivity contribution in [1.29, 1.82) is 0 Å². The largest absolute Gasteiger partial charge is 0.313 e. The van der Waals surface area contributed by atoms with Crippen molar-refractivity contribution in [2.75, 3.05) is 7.05 Å². The van der Waals surface area contributed by atoms with Gasteiger partial charge in [-0.15, -0.1) is 0 Å². The SMILES string of the molecule is CNC(CCC1CCCCC1)c1cc(Cl)c(Br)cc1F. The van der Waals surface area contributed by atoms with E-state index in [4.69, 9.17) is 11.6 Å². The molecule has 0 heterocycles. The van der Waals surface area contributed by atoms with Crippen molar-refractivity contribution in [3.63, 3.8) is 0 Å². The molecule has 0 aliphatic heterocycles. The number of benzene rings is 1. The molecule has 1 aromatic rings. The van der Waals surface area contributed by atoms with Crippen LogP contribution in [0.5, 0.6) is 0 Å². The second-order valence-corrected chi connectivity index (χ2v) is 6.97. The molecule has 0 spiro atoms. The molecule has 1 aromatic carbocycles. The number of nitrogens with one attached hydrogen (secondary N) is 1. The molecule has 0 saturated heterocycles. The van der Waals surface area contributed by atoms with Crippen molar-refractivity contribution in [2.45, 2.75) is 51.0 Å². The van der Waals surface area contributed by atoms with Crippen LogP contribution in [0.3, 0.4) is 0 Å². The van der Waals surface area contributed by atoms with Gasteiger partial charge in [0.25, 0.3) is 0 Å². The molecule has 1 unspecified atom stereocenters. The fourth-order valence-electron chi connectivity index (χ4n) is 3.14. The third kappa shape index (κ3) is 4.19. The monoisotopic (exact) mass is 361 g/mol. The predicted octanol–water partition coefficient (Wildman–Crippen LogP) is 5.86. The fourth-order valence-corrected chi connectivity index (χ4v) is 3.63. The van der Waals surface area contributed by atoms with Crippen molar-refractivity contribution in [3.8, 4) is 0 Å². The molecule has 1 saturated carbocycles. The Balaban J connectivity index is 2.02. The van der Waals surface area contributed by atoms with Crippen LogP contribution in [0.2, 0.25) is 5.02 Å². The lowest BCUT2D eigenvalue weighted by molar-refractivity contribution is 0.316. The predicted molar refractivity (Wildman–Crippen MR) is 86.7 cm³/mol. The lowest BCUT2D eigenvalue weighted by atomic mass is 9.84. The molecule has 112 valence electrons. The van der Waals surface area contributed by atoms with E-state index < -0.39 is 0 Å². The van der Waals surface area contributed by atoms with Crippen molar-refractivity contribution in [3.05, 3.63) is 33.0 Å². The summed E-state index contributed by atoms with van der Waals surface area (Å²) in [6, 6.07) is 3.24. The summed E-state index contributed by atoms with van der Waals surface area (Å²) in [5.74, 6) is 0.623. The maximum Gasteiger partial charge on any atom is 0.129 e. The Morgan fingerprint density at radius 2 is 2.05 bits per heavy atom. The molecule has 2 rings (SSSR count). The van der Waals surface area contributed by atoms with Crippen molar-refractivity contribution < 1.29 is 4.39 Å². The van der Waals surface area contributed by atoms with Gasteiger partial charge in [-0.3, -0.25) is 0 Å². The average molecular weight is 363 g/mol. The van der Waals surface area contributed by atoms with E-state index in [0.717, 1.165) is 12.3 Å². The molecular formula is C16H22BrClFN. The van der Waals surface area contributed by atoms with E-state index >= 15 is 0 Å². The maximum absolute atomic E-state index is 14.1. The third-order valence-corrected chi connectivity index (χ3v) is 5.55. The number of hydrogen-bond acceptors (Lipinski definition) is 1. The van der Waals surface area contributed by atoms with Gasteiger partial charge >= 0.3 is 0 Å². The van der Waals surface area contributed by atoms with E-state index in [-0.39, 0.29) is 11.9 Å². The summed E-state index contributed by atoms with van der Waals surface area (Å²) in [7, 11) is 1.89. The Bertz CT molecular complexity index is 446. The molecule has 4 heteroatoms. The summed E-state index contributed by atoms with van der Waals surface area (Å²) < 4.78 is 14.7. The first-order chi connectivity index (χ1) is 9.61. The van der Waals surface area contributed by atoms with E-state index in [9.17, 15) is 4.39 Å². The second kappa shape index (κ2) is 7.77. The minimum atomic E-state index is -0.190. The smallest absolute Gasteiger partial charge is 0.129 e. The quantitative estimate of drug-likeness (QED) is 0.647. The molecule has 0 bridgehead atoms. The van der Waals surface area contributed by atoms with Crippen LogP contribution >= 0.6 is 27.5 Å². The first-order valence-corrected chi connectivity index (χ1v) is 8.60. The number of halogens is 3. The van der Waals surface area contributed by atoms with Gasteiger partial charge in [-0.05, 0) is 53.9 Å². The maximum atomic E-state index is 14.1. The number of rotatable bonds is 5. The van der Waals surface area contributed by atoms with E-state index in [1.54, 1.807) is 6.07 Å². The fraction of sp³-hybridized carbons (Fsp3) is 0.625. The highest BCUT2D eigenvalue weighted by Gasteiger charge is 2.19. The van der Waals surface area contributed by atoms with Gasteiger partial charge in [-0.2, -0.15) is 0 Å². The van der Waals surface area contributed by atoms with Crippen LogP contribution in [0, 0.1) is 11.7 Å². The standard InChI is InChI=1S/C16H22BrClFN/c1-20-16(8-7-11-5-3-2-4-6-11)12-9-14(18)13(17)10-15(12)19/h9-11,16,20H,2-8H2,1H3. The van der Waals surface area contributed by atoms with E-state index in [2.05, 4.69) is 21.2 Å². The minimum Gasteiger partial charge on any atom is -0.313 e. The lowest BCUT2D eigenvalue weighted by Gasteiger charge is -2.24. The van der Waals surface area contributed by atoms with Crippen molar-refractivity contribution >= 4 is 27.5 Å². The lowest BCUT2D eigenvalue weighted by Crippen LogP contribution is -2.19. The first-order valence-electron chi connectivity index (χ1n) is 7.43. The van der Waals surface area contributed by atoms with Gasteiger partial charge in [-0.25, -0.2) is 4.39 Å². The third-order valence-electron chi connectivity index (χ3n) is 4.35. The summed E-state index contributed by atoms with van der Waals surface area (Å²) in [6.45, 7) is 0. The number of hydrogen-bond donors (Lipinski definition) is 1. The van der Waals surface area contributed by atoms with Gasteiger partial charge < -0.3 is 5.32 Å². The molecule has 1 atom stereocenters. The minimum absolute atomic E-state index is 0.0440. The highest BCUT2D eigenvalue weighted by atomic mass is 79.9. The zero-order valence-electron chi connectivity index (χ0n) is 11.9. The summed E-state index contributed by atoms with van der Waals surface area (Å²) in [5.41, 5.74) is 0.677. The highest BCUT2D eigenvalue weighted by molar-refractivity contribution is 9.10. The molecule has 1 aliphatic carbocycles. The summed E-state index contributed by atoms with van der Waals surface area (Å²) in [5, 5.41) is 3.80. The van der Waals surface area contributed by atoms with Gasteiger partial charge in [0.15, 0.2) is 0 Å². The molecule has 1 aliphatic rings. The van der Waals surface area contributed by atoms with Crippen LogP contribution in [0.4, 0.5) is 4.39 Å². The van der Waals surface area contributed by atoms with Crippen molar-refractivity contribution in [1.82, 2.24) is 5.32 Å². The van der Waals surface area contributed by atoms with E-state index in [0.29, 0.717) is 15.1 Å². The van der Waals surface area contributed by atoms with Crippen LogP contribution in [-0.2, 0) is 0 Å². The average Bonchev–Trinajstić information content (AvgIpc) is 2.46. The molecule has 0 amide bonds.